The van der Waals surface area contributed by atoms with Crippen LogP contribution in [-0.4, -0.2) is 59.3 Å². The number of carboxylic acids is 1. The molecule has 2 unspecified atom stereocenters. The minimum Gasteiger partial charge on any atom is -0.480 e. The second kappa shape index (κ2) is 8.15. The minimum atomic E-state index is -1.03. The Hall–Kier alpha value is -1.10. The standard InChI is InChI=1S/C9H16N2O7S/c10-6(8(12)13)4-19-5-7-9(18-7)16-2-1-3-17-11(14)15/h6-7,9H,1-5,10H2,(H,12,13)/t6-,7?,9?/m0/s1. The van der Waals surface area contributed by atoms with E-state index in [0.717, 1.165) is 0 Å². The van der Waals surface area contributed by atoms with Crippen LogP contribution in [0.1, 0.15) is 6.42 Å². The molecule has 0 amide bonds. The SMILES string of the molecule is N[C@@H](CSCC1OC1OCCCO[N+](=O)[O-])C(=O)O. The van der Waals surface area contributed by atoms with Crippen molar-refractivity contribution < 1.29 is 29.3 Å². The van der Waals surface area contributed by atoms with Crippen molar-refractivity contribution in [2.75, 3.05) is 24.7 Å². The molecule has 1 rings (SSSR count). The molecule has 19 heavy (non-hydrogen) atoms. The molecular weight excluding hydrogens is 280 g/mol. The molecule has 1 heterocycles. The lowest BCUT2D eigenvalue weighted by molar-refractivity contribution is -0.757. The number of aliphatic carboxylic acids is 1. The number of thioether (sulfide) groups is 1. The van der Waals surface area contributed by atoms with Crippen molar-refractivity contribution in [1.82, 2.24) is 0 Å². The van der Waals surface area contributed by atoms with E-state index in [1.165, 1.54) is 11.8 Å². The van der Waals surface area contributed by atoms with Gasteiger partial charge in [0, 0.05) is 11.5 Å². The minimum absolute atomic E-state index is 0.00734. The molecule has 3 N–H and O–H groups in total. The maximum atomic E-state index is 10.5. The van der Waals surface area contributed by atoms with Crippen LogP contribution in [0.25, 0.3) is 0 Å². The van der Waals surface area contributed by atoms with E-state index in [1.807, 2.05) is 0 Å². The summed E-state index contributed by atoms with van der Waals surface area (Å²) in [5, 5.41) is 17.6. The summed E-state index contributed by atoms with van der Waals surface area (Å²) in [7, 11) is 0. The van der Waals surface area contributed by atoms with Crippen LogP contribution >= 0.6 is 11.8 Å². The van der Waals surface area contributed by atoms with Gasteiger partial charge in [-0.2, -0.15) is 11.8 Å². The zero-order chi connectivity index (χ0) is 14.3. The van der Waals surface area contributed by atoms with E-state index in [0.29, 0.717) is 24.5 Å². The first-order chi connectivity index (χ1) is 9.00. The van der Waals surface area contributed by atoms with Crippen molar-refractivity contribution in [1.29, 1.82) is 0 Å². The van der Waals surface area contributed by atoms with Crippen molar-refractivity contribution in [3.05, 3.63) is 10.1 Å². The summed E-state index contributed by atoms with van der Waals surface area (Å²) in [6.45, 7) is 0.306. The van der Waals surface area contributed by atoms with Crippen LogP contribution in [0.2, 0.25) is 0 Å². The zero-order valence-electron chi connectivity index (χ0n) is 10.1. The van der Waals surface area contributed by atoms with E-state index in [9.17, 15) is 14.9 Å². The Bertz CT molecular complexity index is 317. The van der Waals surface area contributed by atoms with Gasteiger partial charge in [0.15, 0.2) is 6.29 Å². The van der Waals surface area contributed by atoms with E-state index in [-0.39, 0.29) is 19.0 Å². The highest BCUT2D eigenvalue weighted by Gasteiger charge is 2.39. The monoisotopic (exact) mass is 296 g/mol. The molecule has 0 aromatic heterocycles. The van der Waals surface area contributed by atoms with Crippen LogP contribution in [0.15, 0.2) is 0 Å². The van der Waals surface area contributed by atoms with E-state index in [1.54, 1.807) is 0 Å². The van der Waals surface area contributed by atoms with Gasteiger partial charge >= 0.3 is 5.97 Å². The Labute approximate surface area is 113 Å². The van der Waals surface area contributed by atoms with Crippen molar-refractivity contribution >= 4 is 17.7 Å². The van der Waals surface area contributed by atoms with Crippen molar-refractivity contribution in [3.8, 4) is 0 Å². The van der Waals surface area contributed by atoms with E-state index in [2.05, 4.69) is 4.84 Å². The van der Waals surface area contributed by atoms with Gasteiger partial charge in [0.2, 0.25) is 0 Å². The van der Waals surface area contributed by atoms with Gasteiger partial charge in [0.25, 0.3) is 5.09 Å². The average molecular weight is 296 g/mol. The van der Waals surface area contributed by atoms with E-state index in [4.69, 9.17) is 20.3 Å². The Morgan fingerprint density at radius 2 is 2.32 bits per heavy atom. The maximum absolute atomic E-state index is 10.5. The van der Waals surface area contributed by atoms with Crippen LogP contribution in [0.5, 0.6) is 0 Å². The topological polar surface area (TPSA) is 137 Å². The molecule has 1 fully saturated rings. The first-order valence-corrected chi connectivity index (χ1v) is 6.76. The summed E-state index contributed by atoms with van der Waals surface area (Å²) in [6.07, 6.45) is 0.0245. The van der Waals surface area contributed by atoms with Gasteiger partial charge in [-0.3, -0.25) is 4.79 Å². The molecule has 0 radical (unpaired) electrons. The van der Waals surface area contributed by atoms with Crippen LogP contribution in [0.4, 0.5) is 0 Å². The molecule has 0 aromatic carbocycles. The molecular formula is C9H16N2O7S. The lowest BCUT2D eigenvalue weighted by Crippen LogP contribution is -2.32. The Kier molecular flexibility index (Phi) is 6.84. The highest BCUT2D eigenvalue weighted by atomic mass is 32.2. The van der Waals surface area contributed by atoms with Gasteiger partial charge in [0.05, 0.1) is 13.2 Å². The number of hydrogen-bond donors (Lipinski definition) is 2. The lowest BCUT2D eigenvalue weighted by Gasteiger charge is -2.04. The highest BCUT2D eigenvalue weighted by Crippen LogP contribution is 2.27. The van der Waals surface area contributed by atoms with Gasteiger partial charge in [-0.05, 0) is 6.42 Å². The maximum Gasteiger partial charge on any atom is 0.321 e. The summed E-state index contributed by atoms with van der Waals surface area (Å²) in [5.74, 6) is -0.0990. The number of nitrogens with zero attached hydrogens (tertiary/aromatic N) is 1. The summed E-state index contributed by atoms with van der Waals surface area (Å²) < 4.78 is 10.4. The molecule has 0 saturated carbocycles. The third-order valence-corrected chi connectivity index (χ3v) is 3.36. The predicted octanol–water partition coefficient (Wildman–Crippen LogP) is -0.529. The first-order valence-electron chi connectivity index (χ1n) is 5.61. The van der Waals surface area contributed by atoms with Crippen molar-refractivity contribution in [2.24, 2.45) is 5.73 Å². The molecule has 110 valence electrons. The third-order valence-electron chi connectivity index (χ3n) is 2.20. The van der Waals surface area contributed by atoms with Crippen LogP contribution in [0.3, 0.4) is 0 Å². The van der Waals surface area contributed by atoms with Crippen LogP contribution in [-0.2, 0) is 19.1 Å². The smallest absolute Gasteiger partial charge is 0.321 e. The molecule has 9 nitrogen and oxygen atoms in total. The zero-order valence-corrected chi connectivity index (χ0v) is 10.9. The molecule has 0 aromatic rings. The third kappa shape index (κ3) is 7.15. The van der Waals surface area contributed by atoms with Crippen LogP contribution in [0, 0.1) is 10.1 Å². The Morgan fingerprint density at radius 1 is 1.58 bits per heavy atom. The van der Waals surface area contributed by atoms with Gasteiger partial charge < -0.3 is 25.2 Å². The van der Waals surface area contributed by atoms with Crippen molar-refractivity contribution in [2.45, 2.75) is 24.9 Å². The molecule has 1 aliphatic heterocycles. The second-order valence-electron chi connectivity index (χ2n) is 3.81. The summed E-state index contributed by atoms with van der Waals surface area (Å²) >= 11 is 1.39. The Morgan fingerprint density at radius 3 is 2.95 bits per heavy atom. The largest absolute Gasteiger partial charge is 0.480 e. The summed E-state index contributed by atoms with van der Waals surface area (Å²) in [5.41, 5.74) is 5.33. The van der Waals surface area contributed by atoms with Gasteiger partial charge in [-0.25, -0.2) is 0 Å². The molecule has 1 aliphatic rings. The fourth-order valence-electron chi connectivity index (χ4n) is 1.17. The van der Waals surface area contributed by atoms with Gasteiger partial charge in [-0.1, -0.05) is 0 Å². The van der Waals surface area contributed by atoms with Gasteiger partial charge in [0.1, 0.15) is 12.1 Å². The first kappa shape index (κ1) is 16.0. The predicted molar refractivity (Wildman–Crippen MR) is 65.1 cm³/mol. The second-order valence-corrected chi connectivity index (χ2v) is 4.88. The van der Waals surface area contributed by atoms with E-state index < -0.39 is 17.1 Å². The molecule has 0 bridgehead atoms. The number of carbonyl (C=O) groups is 1. The summed E-state index contributed by atoms with van der Waals surface area (Å²) in [6, 6.07) is -0.873. The quantitative estimate of drug-likeness (QED) is 0.223. The fraction of sp³-hybridized carbons (Fsp3) is 0.889. The number of ether oxygens (including phenoxy) is 2. The molecule has 0 spiro atoms. The fourth-order valence-corrected chi connectivity index (χ4v) is 2.17. The number of rotatable bonds is 11. The molecule has 0 aliphatic carbocycles. The Balaban J connectivity index is 1.91. The van der Waals surface area contributed by atoms with Crippen molar-refractivity contribution in [3.63, 3.8) is 0 Å². The van der Waals surface area contributed by atoms with Gasteiger partial charge in [-0.15, -0.1) is 10.1 Å². The number of nitrogens with two attached hydrogens (primary N) is 1. The number of carboxylic acid groups (broad SMARTS) is 1. The van der Waals surface area contributed by atoms with E-state index >= 15 is 0 Å². The number of epoxide rings is 1. The summed E-state index contributed by atoms with van der Waals surface area (Å²) in [4.78, 5) is 24.4. The number of hydrogen-bond acceptors (Lipinski definition) is 8. The average Bonchev–Trinajstić information content (AvgIpc) is 3.06. The molecule has 1 saturated heterocycles. The molecule has 3 atom stereocenters. The van der Waals surface area contributed by atoms with Crippen LogP contribution < -0.4 is 5.73 Å². The lowest BCUT2D eigenvalue weighted by atomic mass is 10.4. The molecule has 10 heteroatoms. The normalized spacial score (nSPS) is 22.8. The highest BCUT2D eigenvalue weighted by molar-refractivity contribution is 7.99.